The lowest BCUT2D eigenvalue weighted by atomic mass is 9.95. The molecule has 1 heterocycles. The number of hydrogen-bond donors (Lipinski definition) is 1. The third-order valence-corrected chi connectivity index (χ3v) is 2.33. The first-order valence-corrected chi connectivity index (χ1v) is 4.48. The van der Waals surface area contributed by atoms with E-state index in [4.69, 9.17) is 11.8 Å². The molecule has 0 aromatic heterocycles. The lowest BCUT2D eigenvalue weighted by molar-refractivity contribution is 0.0700. The van der Waals surface area contributed by atoms with Crippen molar-refractivity contribution in [3.05, 3.63) is 0 Å². The van der Waals surface area contributed by atoms with E-state index in [-0.39, 0.29) is 18.7 Å². The Balaban J connectivity index is 2.40. The molecule has 1 fully saturated rings. The van der Waals surface area contributed by atoms with Crippen LogP contribution in [0.2, 0.25) is 0 Å². The van der Waals surface area contributed by atoms with Crippen LogP contribution in [0.5, 0.6) is 0 Å². The molecule has 0 unspecified atom stereocenters. The Morgan fingerprint density at radius 3 is 3.00 bits per heavy atom. The van der Waals surface area contributed by atoms with Crippen LogP contribution in [0.3, 0.4) is 0 Å². The van der Waals surface area contributed by atoms with Crippen LogP contribution in [0.1, 0.15) is 34.5 Å². The zero-order chi connectivity index (χ0) is 9.14. The summed E-state index contributed by atoms with van der Waals surface area (Å²) in [5.41, 5.74) is 5.93. The van der Waals surface area contributed by atoms with Gasteiger partial charge >= 0.3 is 0 Å². The zero-order valence-electron chi connectivity index (χ0n) is 8.42. The zero-order valence-corrected chi connectivity index (χ0v) is 7.42. The largest absolute Gasteiger partial charge is 0.376 e. The lowest BCUT2D eigenvalue weighted by Crippen LogP contribution is -2.37. The van der Waals surface area contributed by atoms with Gasteiger partial charge in [-0.1, -0.05) is 20.3 Å². The van der Waals surface area contributed by atoms with E-state index in [2.05, 4.69) is 13.8 Å². The number of ether oxygens (including phenoxy) is 1. The Hall–Kier alpha value is -0.0800. The predicted octanol–water partition coefficient (Wildman–Crippen LogP) is 1.54. The third-order valence-electron chi connectivity index (χ3n) is 2.33. The summed E-state index contributed by atoms with van der Waals surface area (Å²) in [5.74, 6) is 0.453. The number of hydrogen-bond acceptors (Lipinski definition) is 2. The predicted molar refractivity (Wildman–Crippen MR) is 46.4 cm³/mol. The molecular weight excluding hydrogens is 138 g/mol. The second-order valence-corrected chi connectivity index (χ2v) is 3.43. The fourth-order valence-electron chi connectivity index (χ4n) is 1.61. The van der Waals surface area contributed by atoms with Crippen LogP contribution in [0.15, 0.2) is 0 Å². The molecule has 0 radical (unpaired) electrons. The van der Waals surface area contributed by atoms with Crippen molar-refractivity contribution in [2.45, 2.75) is 45.3 Å². The van der Waals surface area contributed by atoms with E-state index < -0.39 is 0 Å². The highest BCUT2D eigenvalue weighted by Crippen LogP contribution is 2.23. The first-order valence-electron chi connectivity index (χ1n) is 5.06. The van der Waals surface area contributed by atoms with Crippen LogP contribution in [-0.4, -0.2) is 18.7 Å². The molecule has 2 N–H and O–H groups in total. The summed E-state index contributed by atoms with van der Waals surface area (Å²) >= 11 is 0. The van der Waals surface area contributed by atoms with Crippen molar-refractivity contribution in [2.75, 3.05) is 6.58 Å². The molecule has 0 aliphatic carbocycles. The van der Waals surface area contributed by atoms with Gasteiger partial charge < -0.3 is 10.5 Å². The minimum atomic E-state index is -0.340. The number of nitrogens with two attached hydrogens (primary N) is 1. The summed E-state index contributed by atoms with van der Waals surface area (Å²) in [5, 5.41) is 0. The highest BCUT2D eigenvalue weighted by Gasteiger charge is 2.28. The van der Waals surface area contributed by atoms with E-state index in [9.17, 15) is 0 Å². The second kappa shape index (κ2) is 4.07. The summed E-state index contributed by atoms with van der Waals surface area (Å²) in [4.78, 5) is 0. The van der Waals surface area contributed by atoms with E-state index in [0.29, 0.717) is 5.92 Å². The van der Waals surface area contributed by atoms with E-state index in [1.165, 1.54) is 0 Å². The van der Waals surface area contributed by atoms with Crippen LogP contribution in [-0.2, 0) is 4.74 Å². The van der Waals surface area contributed by atoms with Gasteiger partial charge in [0, 0.05) is 12.6 Å². The van der Waals surface area contributed by atoms with Gasteiger partial charge in [0.2, 0.25) is 0 Å². The third kappa shape index (κ3) is 2.17. The van der Waals surface area contributed by atoms with Crippen molar-refractivity contribution in [1.29, 1.82) is 0 Å². The van der Waals surface area contributed by atoms with Crippen molar-refractivity contribution in [1.82, 2.24) is 0 Å². The summed E-state index contributed by atoms with van der Waals surface area (Å²) in [7, 11) is 0. The maximum absolute atomic E-state index is 7.44. The van der Waals surface area contributed by atoms with Crippen LogP contribution < -0.4 is 5.73 Å². The van der Waals surface area contributed by atoms with E-state index in [1.54, 1.807) is 0 Å². The molecule has 2 nitrogen and oxygen atoms in total. The van der Waals surface area contributed by atoms with Gasteiger partial charge in [-0.2, -0.15) is 0 Å². The molecule has 2 heteroatoms. The molecule has 1 aliphatic rings. The molecule has 0 spiro atoms. The van der Waals surface area contributed by atoms with Gasteiger partial charge in [-0.05, 0) is 18.8 Å². The Morgan fingerprint density at radius 1 is 1.82 bits per heavy atom. The minimum Gasteiger partial charge on any atom is -0.376 e. The van der Waals surface area contributed by atoms with Crippen molar-refractivity contribution in [2.24, 2.45) is 11.7 Å². The number of rotatable bonds is 3. The van der Waals surface area contributed by atoms with Crippen LogP contribution in [0, 0.1) is 5.92 Å². The van der Waals surface area contributed by atoms with Crippen molar-refractivity contribution < 1.29 is 6.11 Å². The standard InChI is InChI=1S/C9H19NO/c1-3-4-8(10)9-7(2)5-6-11-9/h7-9H,3-6,10H2,1-2H3/t7-,8+,9-/m0/s1/i6T/t6-,7+,8-,9+/m1. The second-order valence-electron chi connectivity index (χ2n) is 3.43. The smallest absolute Gasteiger partial charge is 0.0752 e. The van der Waals surface area contributed by atoms with Crippen LogP contribution >= 0.6 is 0 Å². The normalized spacial score (nSPS) is 42.1. The summed E-state index contributed by atoms with van der Waals surface area (Å²) in [6.07, 6.45) is 3.05. The highest BCUT2D eigenvalue weighted by atomic mass is 16.5. The molecule has 0 aromatic rings. The monoisotopic (exact) mass is 159 g/mol. The molecule has 0 bridgehead atoms. The highest BCUT2D eigenvalue weighted by molar-refractivity contribution is 4.81. The van der Waals surface area contributed by atoms with Crippen molar-refractivity contribution >= 4 is 0 Å². The molecule has 1 aliphatic heterocycles. The average molecular weight is 159 g/mol. The topological polar surface area (TPSA) is 35.2 Å². The summed E-state index contributed by atoms with van der Waals surface area (Å²) < 4.78 is 12.9. The van der Waals surface area contributed by atoms with Gasteiger partial charge in [0.1, 0.15) is 0 Å². The molecule has 11 heavy (non-hydrogen) atoms. The fraction of sp³-hybridized carbons (Fsp3) is 1.00. The minimum absolute atomic E-state index is 0.118. The Bertz CT molecular complexity index is 142. The molecule has 66 valence electrons. The van der Waals surface area contributed by atoms with Gasteiger partial charge in [-0.15, -0.1) is 0 Å². The van der Waals surface area contributed by atoms with Crippen LogP contribution in [0.25, 0.3) is 0 Å². The molecular formula is C9H19NO. The van der Waals surface area contributed by atoms with Crippen LogP contribution in [0.4, 0.5) is 0 Å². The molecule has 0 amide bonds. The Morgan fingerprint density at radius 2 is 2.55 bits per heavy atom. The fourth-order valence-corrected chi connectivity index (χ4v) is 1.61. The Kier molecular flexibility index (Phi) is 2.80. The molecule has 1 saturated heterocycles. The van der Waals surface area contributed by atoms with Crippen molar-refractivity contribution in [3.8, 4) is 0 Å². The maximum Gasteiger partial charge on any atom is 0.0752 e. The maximum atomic E-state index is 7.44. The molecule has 0 saturated carbocycles. The van der Waals surface area contributed by atoms with E-state index >= 15 is 0 Å². The quantitative estimate of drug-likeness (QED) is 0.678. The Labute approximate surface area is 70.5 Å². The van der Waals surface area contributed by atoms with E-state index in [1.807, 2.05) is 0 Å². The summed E-state index contributed by atoms with van der Waals surface area (Å²) in [6, 6.07) is 0.125. The van der Waals surface area contributed by atoms with Gasteiger partial charge in [-0.3, -0.25) is 0 Å². The van der Waals surface area contributed by atoms with E-state index in [0.717, 1.165) is 19.3 Å². The summed E-state index contributed by atoms with van der Waals surface area (Å²) in [6.45, 7) is 3.90. The molecule has 1 rings (SSSR count). The lowest BCUT2D eigenvalue weighted by Gasteiger charge is -2.21. The molecule has 0 aromatic carbocycles. The SMILES string of the molecule is [3H][C@@H]1C[C@H](C)[C@@H]([C@H](N)CCC)O1. The molecule has 4 atom stereocenters. The van der Waals surface area contributed by atoms with Crippen molar-refractivity contribution in [3.63, 3.8) is 0 Å². The van der Waals surface area contributed by atoms with Gasteiger partial charge in [0.25, 0.3) is 0 Å². The van der Waals surface area contributed by atoms with Gasteiger partial charge in [0.15, 0.2) is 0 Å². The average Bonchev–Trinajstić information content (AvgIpc) is 2.30. The van der Waals surface area contributed by atoms with Gasteiger partial charge in [0.05, 0.1) is 7.47 Å². The van der Waals surface area contributed by atoms with Gasteiger partial charge in [-0.25, -0.2) is 0 Å². The first-order chi connectivity index (χ1) is 5.65. The first kappa shape index (κ1) is 7.56.